The second-order valence-corrected chi connectivity index (χ2v) is 7.05. The van der Waals surface area contributed by atoms with Gasteiger partial charge < -0.3 is 9.67 Å². The molecule has 1 unspecified atom stereocenters. The molecule has 0 aliphatic rings. The van der Waals surface area contributed by atoms with E-state index < -0.39 is 22.0 Å². The minimum atomic E-state index is -3.95. The number of aromatic nitrogens is 2. The smallest absolute Gasteiger partial charge is 0.322 e. The SMILES string of the molecule is CC(C)c1nc(S(=O)(=O)NC(C(=O)O)C(C)C)cn1C. The highest BCUT2D eigenvalue weighted by Crippen LogP contribution is 2.17. The quantitative estimate of drug-likeness (QED) is 0.814. The molecule has 0 spiro atoms. The Balaban J connectivity index is 3.11. The van der Waals surface area contributed by atoms with Crippen LogP contribution < -0.4 is 4.72 Å². The van der Waals surface area contributed by atoms with Crippen LogP contribution in [0.1, 0.15) is 39.4 Å². The molecular formula is C12H21N3O4S. The Morgan fingerprint density at radius 1 is 1.35 bits per heavy atom. The van der Waals surface area contributed by atoms with Crippen LogP contribution in [0.3, 0.4) is 0 Å². The van der Waals surface area contributed by atoms with Gasteiger partial charge in [0.25, 0.3) is 10.0 Å². The van der Waals surface area contributed by atoms with Crippen LogP contribution in [0.15, 0.2) is 11.2 Å². The molecule has 114 valence electrons. The van der Waals surface area contributed by atoms with E-state index in [0.717, 1.165) is 0 Å². The van der Waals surface area contributed by atoms with Gasteiger partial charge >= 0.3 is 5.97 Å². The van der Waals surface area contributed by atoms with Crippen molar-refractivity contribution in [3.8, 4) is 0 Å². The standard InChI is InChI=1S/C12H21N3O4S/c1-7(2)10(12(16)17)14-20(18,19)9-6-15(5)11(13-9)8(3)4/h6-8,10,14H,1-5H3,(H,16,17). The van der Waals surface area contributed by atoms with E-state index in [0.29, 0.717) is 5.82 Å². The van der Waals surface area contributed by atoms with Crippen LogP contribution in [-0.2, 0) is 21.9 Å². The van der Waals surface area contributed by atoms with E-state index in [1.807, 2.05) is 13.8 Å². The molecule has 1 rings (SSSR count). The number of hydrogen-bond donors (Lipinski definition) is 2. The van der Waals surface area contributed by atoms with Crippen molar-refractivity contribution in [1.82, 2.24) is 14.3 Å². The largest absolute Gasteiger partial charge is 0.480 e. The van der Waals surface area contributed by atoms with Gasteiger partial charge in [-0.25, -0.2) is 13.4 Å². The Morgan fingerprint density at radius 2 is 1.90 bits per heavy atom. The number of aryl methyl sites for hydroxylation is 1. The van der Waals surface area contributed by atoms with E-state index in [-0.39, 0.29) is 16.9 Å². The van der Waals surface area contributed by atoms with Crippen LogP contribution >= 0.6 is 0 Å². The highest BCUT2D eigenvalue weighted by molar-refractivity contribution is 7.89. The van der Waals surface area contributed by atoms with Crippen LogP contribution in [0.5, 0.6) is 0 Å². The van der Waals surface area contributed by atoms with Crippen molar-refractivity contribution < 1.29 is 18.3 Å². The summed E-state index contributed by atoms with van der Waals surface area (Å²) in [5, 5.41) is 8.89. The molecule has 0 radical (unpaired) electrons. The number of hydrogen-bond acceptors (Lipinski definition) is 4. The average molecular weight is 303 g/mol. The van der Waals surface area contributed by atoms with Gasteiger partial charge in [0.05, 0.1) is 0 Å². The molecule has 0 saturated heterocycles. The van der Waals surface area contributed by atoms with Crippen molar-refractivity contribution >= 4 is 16.0 Å². The summed E-state index contributed by atoms with van der Waals surface area (Å²) in [4.78, 5) is 15.2. The lowest BCUT2D eigenvalue weighted by molar-refractivity contribution is -0.140. The number of nitrogens with one attached hydrogen (secondary N) is 1. The lowest BCUT2D eigenvalue weighted by atomic mass is 10.1. The number of aliphatic carboxylic acids is 1. The molecule has 1 atom stereocenters. The number of rotatable bonds is 6. The second kappa shape index (κ2) is 5.92. The minimum absolute atomic E-state index is 0.0734. The van der Waals surface area contributed by atoms with Gasteiger partial charge in [-0.2, -0.15) is 4.72 Å². The maximum Gasteiger partial charge on any atom is 0.322 e. The Bertz CT molecular complexity index is 590. The molecule has 1 aromatic heterocycles. The number of imidazole rings is 1. The lowest BCUT2D eigenvalue weighted by Gasteiger charge is -2.16. The molecule has 0 aliphatic heterocycles. The molecule has 8 heteroatoms. The minimum Gasteiger partial charge on any atom is -0.480 e. The molecule has 0 aliphatic carbocycles. The number of carboxylic acid groups (broad SMARTS) is 1. The summed E-state index contributed by atoms with van der Waals surface area (Å²) in [5.74, 6) is -0.870. The molecule has 0 fully saturated rings. The van der Waals surface area contributed by atoms with Gasteiger partial charge in [-0.1, -0.05) is 27.7 Å². The number of carboxylic acids is 1. The number of nitrogens with zero attached hydrogens (tertiary/aromatic N) is 2. The van der Waals surface area contributed by atoms with Gasteiger partial charge in [-0.15, -0.1) is 0 Å². The fourth-order valence-electron chi connectivity index (χ4n) is 1.82. The van der Waals surface area contributed by atoms with Crippen LogP contribution in [0, 0.1) is 5.92 Å². The first-order chi connectivity index (χ1) is 9.06. The molecule has 1 heterocycles. The summed E-state index contributed by atoms with van der Waals surface area (Å²) in [6.45, 7) is 7.08. The van der Waals surface area contributed by atoms with Crippen LogP contribution in [0.4, 0.5) is 0 Å². The van der Waals surface area contributed by atoms with Crippen molar-refractivity contribution in [1.29, 1.82) is 0 Å². The van der Waals surface area contributed by atoms with Gasteiger partial charge in [-0.3, -0.25) is 4.79 Å². The average Bonchev–Trinajstić information content (AvgIpc) is 2.68. The van der Waals surface area contributed by atoms with Crippen LogP contribution in [-0.4, -0.2) is 35.1 Å². The van der Waals surface area contributed by atoms with E-state index >= 15 is 0 Å². The Labute approximate surface area is 119 Å². The molecule has 2 N–H and O–H groups in total. The summed E-state index contributed by atoms with van der Waals surface area (Å²) < 4.78 is 28.2. The fourth-order valence-corrected chi connectivity index (χ4v) is 3.16. The molecule has 20 heavy (non-hydrogen) atoms. The third-order valence-corrected chi connectivity index (χ3v) is 4.21. The van der Waals surface area contributed by atoms with Crippen molar-refractivity contribution in [2.75, 3.05) is 0 Å². The number of sulfonamides is 1. The highest BCUT2D eigenvalue weighted by atomic mass is 32.2. The summed E-state index contributed by atoms with van der Waals surface area (Å²) >= 11 is 0. The van der Waals surface area contributed by atoms with E-state index in [2.05, 4.69) is 9.71 Å². The maximum absolute atomic E-state index is 12.2. The van der Waals surface area contributed by atoms with Crippen molar-refractivity contribution in [3.63, 3.8) is 0 Å². The van der Waals surface area contributed by atoms with Gasteiger partial charge in [0.1, 0.15) is 11.9 Å². The highest BCUT2D eigenvalue weighted by Gasteiger charge is 2.30. The molecule has 7 nitrogen and oxygen atoms in total. The van der Waals surface area contributed by atoms with Gasteiger partial charge in [0.2, 0.25) is 0 Å². The van der Waals surface area contributed by atoms with Crippen LogP contribution in [0.25, 0.3) is 0 Å². The predicted octanol–water partition coefficient (Wildman–Crippen LogP) is 0.931. The first-order valence-corrected chi connectivity index (χ1v) is 7.83. The normalized spacial score (nSPS) is 13.9. The fraction of sp³-hybridized carbons (Fsp3) is 0.667. The second-order valence-electron chi connectivity index (χ2n) is 5.38. The monoisotopic (exact) mass is 303 g/mol. The lowest BCUT2D eigenvalue weighted by Crippen LogP contribution is -2.44. The Hall–Kier alpha value is -1.41. The Morgan fingerprint density at radius 3 is 2.25 bits per heavy atom. The van der Waals surface area contributed by atoms with E-state index in [1.165, 1.54) is 6.20 Å². The third-order valence-electron chi connectivity index (χ3n) is 2.90. The van der Waals surface area contributed by atoms with E-state index in [1.54, 1.807) is 25.5 Å². The topological polar surface area (TPSA) is 101 Å². The van der Waals surface area contributed by atoms with Crippen molar-refractivity contribution in [3.05, 3.63) is 12.0 Å². The molecule has 0 bridgehead atoms. The molecule has 0 saturated carbocycles. The van der Waals surface area contributed by atoms with Crippen LogP contribution in [0.2, 0.25) is 0 Å². The Kier molecular flexibility index (Phi) is 4.93. The summed E-state index contributed by atoms with van der Waals surface area (Å²) in [7, 11) is -2.24. The van der Waals surface area contributed by atoms with Gasteiger partial charge in [0, 0.05) is 19.2 Å². The zero-order valence-corrected chi connectivity index (χ0v) is 13.1. The zero-order chi connectivity index (χ0) is 15.7. The van der Waals surface area contributed by atoms with Gasteiger partial charge in [-0.05, 0) is 5.92 Å². The third kappa shape index (κ3) is 3.57. The number of carbonyl (C=O) groups is 1. The first-order valence-electron chi connectivity index (χ1n) is 6.34. The molecule has 1 aromatic rings. The van der Waals surface area contributed by atoms with Gasteiger partial charge in [0.15, 0.2) is 5.03 Å². The molecule has 0 aromatic carbocycles. The maximum atomic E-state index is 12.2. The molecular weight excluding hydrogens is 282 g/mol. The molecule has 0 amide bonds. The first kappa shape index (κ1) is 16.6. The predicted molar refractivity (Wildman–Crippen MR) is 73.9 cm³/mol. The summed E-state index contributed by atoms with van der Waals surface area (Å²) in [5.41, 5.74) is 0. The van der Waals surface area contributed by atoms with E-state index in [4.69, 9.17) is 5.11 Å². The van der Waals surface area contributed by atoms with E-state index in [9.17, 15) is 13.2 Å². The van der Waals surface area contributed by atoms with Crippen molar-refractivity contribution in [2.24, 2.45) is 13.0 Å². The summed E-state index contributed by atoms with van der Waals surface area (Å²) in [6.07, 6.45) is 1.39. The van der Waals surface area contributed by atoms with Crippen molar-refractivity contribution in [2.45, 2.75) is 44.7 Å². The summed E-state index contributed by atoms with van der Waals surface area (Å²) in [6, 6.07) is -1.18. The zero-order valence-electron chi connectivity index (χ0n) is 12.3.